The van der Waals surface area contributed by atoms with Crippen molar-refractivity contribution in [2.45, 2.75) is 72.1 Å². The van der Waals surface area contributed by atoms with Gasteiger partial charge in [0.2, 0.25) is 0 Å². The largest absolute Gasteiger partial charge is 0.396 e. The average Bonchev–Trinajstić information content (AvgIpc) is 2.31. The van der Waals surface area contributed by atoms with E-state index in [0.717, 1.165) is 12.8 Å². The zero-order valence-electron chi connectivity index (χ0n) is 12.2. The zero-order chi connectivity index (χ0) is 13.1. The summed E-state index contributed by atoms with van der Waals surface area (Å²) in [6, 6.07) is 0. The van der Waals surface area contributed by atoms with Gasteiger partial charge in [-0.15, -0.1) is 0 Å². The molecular formula is C15H33NO. The Hall–Kier alpha value is -0.0800. The lowest BCUT2D eigenvalue weighted by Crippen LogP contribution is -2.35. The van der Waals surface area contributed by atoms with Gasteiger partial charge in [-0.3, -0.25) is 0 Å². The van der Waals surface area contributed by atoms with Gasteiger partial charge in [0.1, 0.15) is 0 Å². The molecule has 0 aliphatic heterocycles. The van der Waals surface area contributed by atoms with Gasteiger partial charge < -0.3 is 10.8 Å². The minimum atomic E-state index is -0.0150. The molecule has 0 saturated heterocycles. The predicted molar refractivity (Wildman–Crippen MR) is 76.0 cm³/mol. The molecule has 2 nitrogen and oxygen atoms in total. The first-order chi connectivity index (χ1) is 8.10. The molecule has 0 aliphatic carbocycles. The van der Waals surface area contributed by atoms with E-state index in [0.29, 0.717) is 12.5 Å². The molecule has 0 rings (SSSR count). The fraction of sp³-hybridized carbons (Fsp3) is 1.00. The Balaban J connectivity index is 3.84. The van der Waals surface area contributed by atoms with Gasteiger partial charge in [0.25, 0.3) is 0 Å². The monoisotopic (exact) mass is 243 g/mol. The molecule has 0 heterocycles. The quantitative estimate of drug-likeness (QED) is 0.543. The molecule has 2 heteroatoms. The summed E-state index contributed by atoms with van der Waals surface area (Å²) in [6.07, 6.45) is 10.00. The van der Waals surface area contributed by atoms with Crippen molar-refractivity contribution in [2.24, 2.45) is 17.1 Å². The van der Waals surface area contributed by atoms with Crippen LogP contribution in [-0.4, -0.2) is 18.3 Å². The van der Waals surface area contributed by atoms with Gasteiger partial charge in [-0.05, 0) is 18.8 Å². The zero-order valence-corrected chi connectivity index (χ0v) is 12.2. The van der Waals surface area contributed by atoms with E-state index in [1.54, 1.807) is 0 Å². The van der Waals surface area contributed by atoms with Crippen molar-refractivity contribution < 1.29 is 5.11 Å². The lowest BCUT2D eigenvalue weighted by Gasteiger charge is -2.32. The van der Waals surface area contributed by atoms with E-state index in [-0.39, 0.29) is 12.0 Å². The summed E-state index contributed by atoms with van der Waals surface area (Å²) in [5.74, 6) is 0.616. The SMILES string of the molecule is CCCCCCCCC(CN)(CO)CC(C)C. The molecule has 0 aliphatic rings. The molecule has 0 radical (unpaired) electrons. The Bertz CT molecular complexity index is 164. The Kier molecular flexibility index (Phi) is 9.85. The van der Waals surface area contributed by atoms with E-state index in [4.69, 9.17) is 5.73 Å². The number of nitrogens with two attached hydrogens (primary N) is 1. The van der Waals surface area contributed by atoms with E-state index in [1.807, 2.05) is 0 Å². The second kappa shape index (κ2) is 9.90. The number of unbranched alkanes of at least 4 members (excludes halogenated alkanes) is 5. The summed E-state index contributed by atoms with van der Waals surface area (Å²) in [4.78, 5) is 0. The molecule has 0 spiro atoms. The molecule has 0 aromatic heterocycles. The fourth-order valence-electron chi connectivity index (χ4n) is 2.64. The number of aliphatic hydroxyl groups is 1. The van der Waals surface area contributed by atoms with Crippen molar-refractivity contribution in [3.05, 3.63) is 0 Å². The van der Waals surface area contributed by atoms with Crippen LogP contribution in [0.4, 0.5) is 0 Å². The molecule has 0 aromatic carbocycles. The molecule has 17 heavy (non-hydrogen) atoms. The van der Waals surface area contributed by atoms with Crippen LogP contribution in [0.25, 0.3) is 0 Å². The number of aliphatic hydroxyl groups excluding tert-OH is 1. The van der Waals surface area contributed by atoms with Crippen molar-refractivity contribution in [3.8, 4) is 0 Å². The third kappa shape index (κ3) is 7.77. The van der Waals surface area contributed by atoms with Crippen LogP contribution in [0.15, 0.2) is 0 Å². The maximum atomic E-state index is 9.59. The van der Waals surface area contributed by atoms with Crippen LogP contribution in [0.5, 0.6) is 0 Å². The molecule has 1 unspecified atom stereocenters. The highest BCUT2D eigenvalue weighted by Crippen LogP contribution is 2.31. The van der Waals surface area contributed by atoms with Crippen LogP contribution in [-0.2, 0) is 0 Å². The third-order valence-electron chi connectivity index (χ3n) is 3.67. The topological polar surface area (TPSA) is 46.2 Å². The normalized spacial score (nSPS) is 15.2. The maximum absolute atomic E-state index is 9.59. The van der Waals surface area contributed by atoms with E-state index < -0.39 is 0 Å². The van der Waals surface area contributed by atoms with E-state index in [2.05, 4.69) is 20.8 Å². The van der Waals surface area contributed by atoms with Crippen LogP contribution >= 0.6 is 0 Å². The summed E-state index contributed by atoms with van der Waals surface area (Å²) >= 11 is 0. The molecule has 0 fully saturated rings. The summed E-state index contributed by atoms with van der Waals surface area (Å²) in [6.45, 7) is 7.53. The van der Waals surface area contributed by atoms with Crippen LogP contribution in [0, 0.1) is 11.3 Å². The molecule has 1 atom stereocenters. The van der Waals surface area contributed by atoms with E-state index in [1.165, 1.54) is 38.5 Å². The first-order valence-corrected chi connectivity index (χ1v) is 7.41. The smallest absolute Gasteiger partial charge is 0.0499 e. The highest BCUT2D eigenvalue weighted by molar-refractivity contribution is 4.80. The summed E-state index contributed by atoms with van der Waals surface area (Å²) in [5.41, 5.74) is 5.85. The van der Waals surface area contributed by atoms with Crippen molar-refractivity contribution in [3.63, 3.8) is 0 Å². The Labute approximate surface area is 108 Å². The number of rotatable bonds is 11. The number of hydrogen-bond donors (Lipinski definition) is 2. The first kappa shape index (κ1) is 16.9. The first-order valence-electron chi connectivity index (χ1n) is 7.41. The van der Waals surface area contributed by atoms with Gasteiger partial charge >= 0.3 is 0 Å². The molecule has 0 saturated carbocycles. The minimum Gasteiger partial charge on any atom is -0.396 e. The van der Waals surface area contributed by atoms with Crippen molar-refractivity contribution in [1.29, 1.82) is 0 Å². The Morgan fingerprint density at radius 2 is 1.65 bits per heavy atom. The molecule has 3 N–H and O–H groups in total. The average molecular weight is 243 g/mol. The highest BCUT2D eigenvalue weighted by Gasteiger charge is 2.28. The lowest BCUT2D eigenvalue weighted by atomic mass is 9.76. The van der Waals surface area contributed by atoms with Crippen molar-refractivity contribution in [2.75, 3.05) is 13.2 Å². The highest BCUT2D eigenvalue weighted by atomic mass is 16.3. The fourth-order valence-corrected chi connectivity index (χ4v) is 2.64. The van der Waals surface area contributed by atoms with E-state index in [9.17, 15) is 5.11 Å². The van der Waals surface area contributed by atoms with Crippen LogP contribution in [0.2, 0.25) is 0 Å². The Morgan fingerprint density at radius 1 is 1.06 bits per heavy atom. The van der Waals surface area contributed by atoms with Gasteiger partial charge in [0.05, 0.1) is 0 Å². The van der Waals surface area contributed by atoms with Crippen LogP contribution in [0.3, 0.4) is 0 Å². The predicted octanol–water partition coefficient (Wildman–Crippen LogP) is 3.72. The summed E-state index contributed by atoms with van der Waals surface area (Å²) in [7, 11) is 0. The lowest BCUT2D eigenvalue weighted by molar-refractivity contribution is 0.0956. The van der Waals surface area contributed by atoms with Gasteiger partial charge in [-0.25, -0.2) is 0 Å². The van der Waals surface area contributed by atoms with Gasteiger partial charge in [0, 0.05) is 18.6 Å². The van der Waals surface area contributed by atoms with Crippen LogP contribution in [0.1, 0.15) is 72.1 Å². The van der Waals surface area contributed by atoms with Crippen molar-refractivity contribution >= 4 is 0 Å². The summed E-state index contributed by atoms with van der Waals surface area (Å²) in [5, 5.41) is 9.59. The summed E-state index contributed by atoms with van der Waals surface area (Å²) < 4.78 is 0. The number of hydrogen-bond acceptors (Lipinski definition) is 2. The second-order valence-corrected chi connectivity index (χ2v) is 5.98. The van der Waals surface area contributed by atoms with Gasteiger partial charge in [-0.1, -0.05) is 59.3 Å². The maximum Gasteiger partial charge on any atom is 0.0499 e. The van der Waals surface area contributed by atoms with Crippen LogP contribution < -0.4 is 5.73 Å². The van der Waals surface area contributed by atoms with Crippen molar-refractivity contribution in [1.82, 2.24) is 0 Å². The molecule has 0 aromatic rings. The third-order valence-corrected chi connectivity index (χ3v) is 3.67. The van der Waals surface area contributed by atoms with Gasteiger partial charge in [-0.2, -0.15) is 0 Å². The standard InChI is InChI=1S/C15H33NO/c1-4-5-6-7-8-9-10-15(12-16,13-17)11-14(2)3/h14,17H,4-13,16H2,1-3H3. The second-order valence-electron chi connectivity index (χ2n) is 5.98. The molecular weight excluding hydrogens is 210 g/mol. The minimum absolute atomic E-state index is 0.0150. The Morgan fingerprint density at radius 3 is 2.12 bits per heavy atom. The molecule has 0 amide bonds. The van der Waals surface area contributed by atoms with Gasteiger partial charge in [0.15, 0.2) is 0 Å². The van der Waals surface area contributed by atoms with E-state index >= 15 is 0 Å². The molecule has 0 bridgehead atoms. The molecule has 104 valence electrons.